The van der Waals surface area contributed by atoms with Crippen LogP contribution < -0.4 is 9.47 Å². The average molecular weight is 449 g/mol. The highest BCUT2D eigenvalue weighted by atomic mass is 79.9. The van der Waals surface area contributed by atoms with Crippen LogP contribution in [0.25, 0.3) is 0 Å². The molecule has 28 heavy (non-hydrogen) atoms. The fourth-order valence-corrected chi connectivity index (χ4v) is 3.81. The molecule has 2 atom stereocenters. The molecular weight excluding hydrogens is 432 g/mol. The number of esters is 2. The van der Waals surface area contributed by atoms with Crippen LogP contribution in [0.3, 0.4) is 0 Å². The summed E-state index contributed by atoms with van der Waals surface area (Å²) in [4.78, 5) is 35.8. The first-order valence-electron chi connectivity index (χ1n) is 8.26. The molecule has 0 saturated carbocycles. The molecule has 0 fully saturated rings. The van der Waals surface area contributed by atoms with Gasteiger partial charge in [-0.15, -0.1) is 0 Å². The van der Waals surface area contributed by atoms with Crippen LogP contribution in [0.1, 0.15) is 33.2 Å². The summed E-state index contributed by atoms with van der Waals surface area (Å²) in [7, 11) is 2.63. The molecule has 2 aromatic rings. The molecular formula is C20H17BrO7. The Labute approximate surface area is 169 Å². The lowest BCUT2D eigenvalue weighted by Crippen LogP contribution is -2.50. The van der Waals surface area contributed by atoms with Crippen molar-refractivity contribution in [2.24, 2.45) is 0 Å². The molecule has 0 saturated heterocycles. The van der Waals surface area contributed by atoms with Crippen LogP contribution in [-0.4, -0.2) is 36.8 Å². The van der Waals surface area contributed by atoms with Gasteiger partial charge in [0, 0.05) is 19.6 Å². The Morgan fingerprint density at radius 3 is 2.39 bits per heavy atom. The van der Waals surface area contributed by atoms with Gasteiger partial charge in [-0.05, 0) is 12.1 Å². The van der Waals surface area contributed by atoms with Crippen LogP contribution in [0.5, 0.6) is 11.5 Å². The van der Waals surface area contributed by atoms with E-state index in [4.69, 9.17) is 18.9 Å². The zero-order chi connectivity index (χ0) is 20.5. The van der Waals surface area contributed by atoms with Gasteiger partial charge in [0.25, 0.3) is 5.79 Å². The van der Waals surface area contributed by atoms with Crippen molar-refractivity contribution in [3.8, 4) is 11.5 Å². The van der Waals surface area contributed by atoms with Gasteiger partial charge >= 0.3 is 11.9 Å². The summed E-state index contributed by atoms with van der Waals surface area (Å²) in [5.41, 5.74) is 0.695. The van der Waals surface area contributed by atoms with E-state index in [0.717, 1.165) is 0 Å². The maximum Gasteiger partial charge on any atom is 0.338 e. The number of ketones is 1. The number of carbonyl (C=O) groups is 3. The molecule has 0 amide bonds. The van der Waals surface area contributed by atoms with Gasteiger partial charge in [0.15, 0.2) is 5.78 Å². The third-order valence-corrected chi connectivity index (χ3v) is 5.31. The summed E-state index contributed by atoms with van der Waals surface area (Å²) in [6, 6.07) is 11.5. The fourth-order valence-electron chi connectivity index (χ4n) is 3.04. The first-order valence-corrected chi connectivity index (χ1v) is 9.18. The van der Waals surface area contributed by atoms with E-state index in [1.54, 1.807) is 24.3 Å². The zero-order valence-electron chi connectivity index (χ0n) is 15.4. The first-order chi connectivity index (χ1) is 13.3. The summed E-state index contributed by atoms with van der Waals surface area (Å²) in [6.45, 7) is 1.19. The van der Waals surface area contributed by atoms with E-state index in [1.807, 2.05) is 6.07 Å². The Morgan fingerprint density at radius 1 is 1.14 bits per heavy atom. The number of Topliss-reactive ketones (excluding diaryl/α,β-unsaturated/α-hetero) is 1. The Morgan fingerprint density at radius 2 is 1.82 bits per heavy atom. The van der Waals surface area contributed by atoms with Crippen LogP contribution in [-0.2, 0) is 20.1 Å². The lowest BCUT2D eigenvalue weighted by molar-refractivity contribution is -0.168. The number of halogens is 1. The Hall–Kier alpha value is -2.71. The molecule has 0 N–H and O–H groups in total. The van der Waals surface area contributed by atoms with Crippen molar-refractivity contribution in [3.05, 3.63) is 59.2 Å². The summed E-state index contributed by atoms with van der Waals surface area (Å²) in [5.74, 6) is -3.25. The summed E-state index contributed by atoms with van der Waals surface area (Å²) < 4.78 is 21.6. The number of hydrogen-bond acceptors (Lipinski definition) is 7. The van der Waals surface area contributed by atoms with Gasteiger partial charge in [-0.1, -0.05) is 46.3 Å². The predicted octanol–water partition coefficient (Wildman–Crippen LogP) is 3.24. The largest absolute Gasteiger partial charge is 0.465 e. The van der Waals surface area contributed by atoms with Gasteiger partial charge in [0.05, 0.1) is 12.7 Å². The summed E-state index contributed by atoms with van der Waals surface area (Å²) in [5, 5.41) is 0. The van der Waals surface area contributed by atoms with Gasteiger partial charge in [0.1, 0.15) is 21.9 Å². The minimum absolute atomic E-state index is 0.0355. The van der Waals surface area contributed by atoms with Crippen molar-refractivity contribution in [1.82, 2.24) is 0 Å². The highest BCUT2D eigenvalue weighted by Gasteiger charge is 2.52. The van der Waals surface area contributed by atoms with Crippen molar-refractivity contribution < 1.29 is 33.3 Å². The molecule has 1 aliphatic rings. The number of alkyl halides is 1. The van der Waals surface area contributed by atoms with Gasteiger partial charge in [0.2, 0.25) is 0 Å². The van der Waals surface area contributed by atoms with E-state index in [9.17, 15) is 14.4 Å². The number of carbonyl (C=O) groups excluding carboxylic acids is 3. The molecule has 7 nitrogen and oxygen atoms in total. The number of fused-ring (bicyclic) bond motifs is 1. The molecule has 2 unspecified atom stereocenters. The van der Waals surface area contributed by atoms with E-state index >= 15 is 0 Å². The van der Waals surface area contributed by atoms with Crippen molar-refractivity contribution in [3.63, 3.8) is 0 Å². The molecule has 146 valence electrons. The highest BCUT2D eigenvalue weighted by Crippen LogP contribution is 2.47. The standard InChI is InChI=1S/C20H17BrO7/c1-11(22)27-14-9-12(19(24)25-2)10-15-16(14)17(23)18(21)20(26-3,28-15)13-7-5-4-6-8-13/h4-10,18H,1-3H3. The highest BCUT2D eigenvalue weighted by molar-refractivity contribution is 9.10. The second-order valence-corrected chi connectivity index (χ2v) is 6.91. The number of rotatable bonds is 4. The van der Waals surface area contributed by atoms with Gasteiger partial charge < -0.3 is 18.9 Å². The molecule has 0 spiro atoms. The van der Waals surface area contributed by atoms with Crippen molar-refractivity contribution in [2.75, 3.05) is 14.2 Å². The number of hydrogen-bond donors (Lipinski definition) is 0. The van der Waals surface area contributed by atoms with Gasteiger partial charge in [-0.2, -0.15) is 0 Å². The molecule has 0 bridgehead atoms. The van der Waals surface area contributed by atoms with E-state index in [0.29, 0.717) is 5.56 Å². The van der Waals surface area contributed by atoms with Crippen LogP contribution >= 0.6 is 15.9 Å². The average Bonchev–Trinajstić information content (AvgIpc) is 2.69. The van der Waals surface area contributed by atoms with E-state index in [2.05, 4.69) is 15.9 Å². The van der Waals surface area contributed by atoms with Crippen molar-refractivity contribution >= 4 is 33.7 Å². The molecule has 0 aliphatic carbocycles. The predicted molar refractivity (Wildman–Crippen MR) is 102 cm³/mol. The second kappa shape index (κ2) is 7.73. The Kier molecular flexibility index (Phi) is 5.53. The normalized spacial score (nSPS) is 20.7. The van der Waals surface area contributed by atoms with Gasteiger partial charge in [-0.3, -0.25) is 9.59 Å². The molecule has 1 heterocycles. The molecule has 0 aromatic heterocycles. The van der Waals surface area contributed by atoms with E-state index in [1.165, 1.54) is 33.3 Å². The molecule has 3 rings (SSSR count). The lowest BCUT2D eigenvalue weighted by Gasteiger charge is -2.40. The summed E-state index contributed by atoms with van der Waals surface area (Å²) in [6.07, 6.45) is 0. The first kappa shape index (κ1) is 20.0. The second-order valence-electron chi connectivity index (χ2n) is 6.00. The Balaban J connectivity index is 2.23. The number of ether oxygens (including phenoxy) is 4. The van der Waals surface area contributed by atoms with Crippen LogP contribution in [0, 0.1) is 0 Å². The van der Waals surface area contributed by atoms with Crippen LogP contribution in [0.2, 0.25) is 0 Å². The van der Waals surface area contributed by atoms with Crippen molar-refractivity contribution in [2.45, 2.75) is 17.5 Å². The third-order valence-electron chi connectivity index (χ3n) is 4.29. The lowest BCUT2D eigenvalue weighted by atomic mass is 9.91. The smallest absolute Gasteiger partial charge is 0.338 e. The summed E-state index contributed by atoms with van der Waals surface area (Å²) >= 11 is 3.37. The number of methoxy groups -OCH3 is 2. The maximum absolute atomic E-state index is 13.2. The molecule has 8 heteroatoms. The van der Waals surface area contributed by atoms with E-state index < -0.39 is 28.3 Å². The van der Waals surface area contributed by atoms with Crippen LogP contribution in [0.15, 0.2) is 42.5 Å². The molecule has 1 aliphatic heterocycles. The quantitative estimate of drug-likeness (QED) is 0.402. The van der Waals surface area contributed by atoms with E-state index in [-0.39, 0.29) is 22.6 Å². The monoisotopic (exact) mass is 448 g/mol. The fraction of sp³-hybridized carbons (Fsp3) is 0.250. The van der Waals surface area contributed by atoms with Crippen molar-refractivity contribution in [1.29, 1.82) is 0 Å². The molecule has 0 radical (unpaired) electrons. The van der Waals surface area contributed by atoms with Gasteiger partial charge in [-0.25, -0.2) is 4.79 Å². The maximum atomic E-state index is 13.2. The topological polar surface area (TPSA) is 88.1 Å². The third kappa shape index (κ3) is 3.29. The number of benzene rings is 2. The SMILES string of the molecule is COC(=O)c1cc(OC(C)=O)c2c(c1)OC(OC)(c1ccccc1)C(Br)C2=O. The zero-order valence-corrected chi connectivity index (χ0v) is 16.9. The molecule has 2 aromatic carbocycles. The minimum Gasteiger partial charge on any atom is -0.465 e. The minimum atomic E-state index is -1.48. The van der Waals surface area contributed by atoms with Crippen LogP contribution in [0.4, 0.5) is 0 Å². The Bertz CT molecular complexity index is 941.